The summed E-state index contributed by atoms with van der Waals surface area (Å²) in [5, 5.41) is 0. The van der Waals surface area contributed by atoms with Crippen LogP contribution in [0.5, 0.6) is 5.75 Å². The topological polar surface area (TPSA) is 9.23 Å². The Kier molecular flexibility index (Phi) is 5.90. The van der Waals surface area contributed by atoms with Crippen LogP contribution in [0.2, 0.25) is 0 Å². The first-order chi connectivity index (χ1) is 13.0. The second-order valence-electron chi connectivity index (χ2n) is 6.79. The molecular weight excluding hydrogens is 342 g/mol. The molecule has 0 heterocycles. The molecule has 0 radical (unpaired) electrons. The molecule has 0 N–H and O–H groups in total. The molecule has 0 saturated heterocycles. The van der Waals surface area contributed by atoms with Crippen molar-refractivity contribution in [3.8, 4) is 16.9 Å². The highest BCUT2D eigenvalue weighted by molar-refractivity contribution is 5.63. The van der Waals surface area contributed by atoms with Crippen molar-refractivity contribution in [2.75, 3.05) is 6.61 Å². The third-order valence-electron chi connectivity index (χ3n) is 4.80. The Bertz CT molecular complexity index is 913. The van der Waals surface area contributed by atoms with Gasteiger partial charge >= 0.3 is 0 Å². The van der Waals surface area contributed by atoms with Gasteiger partial charge in [-0.2, -0.15) is 4.39 Å². The fraction of sp³-hybridized carbons (Fsp3) is 0.250. The molecule has 0 spiro atoms. The number of rotatable bonds is 6. The highest BCUT2D eigenvalue weighted by Crippen LogP contribution is 2.28. The first-order valence-corrected chi connectivity index (χ1v) is 9.26. The van der Waals surface area contributed by atoms with Gasteiger partial charge < -0.3 is 4.74 Å². The van der Waals surface area contributed by atoms with Crippen molar-refractivity contribution in [2.24, 2.45) is 0 Å². The number of aryl methyl sites for hydroxylation is 3. The lowest BCUT2D eigenvalue weighted by Gasteiger charge is -2.13. The smallest absolute Gasteiger partial charge is 0.200 e. The fourth-order valence-corrected chi connectivity index (χ4v) is 3.21. The van der Waals surface area contributed by atoms with Crippen LogP contribution in [-0.4, -0.2) is 6.61 Å². The summed E-state index contributed by atoms with van der Waals surface area (Å²) in [6.45, 7) is 5.92. The maximum Gasteiger partial charge on any atom is 0.200 e. The Morgan fingerprint density at radius 3 is 1.96 bits per heavy atom. The van der Waals surface area contributed by atoms with Gasteiger partial charge in [-0.05, 0) is 67.5 Å². The Hall–Kier alpha value is -2.68. The summed E-state index contributed by atoms with van der Waals surface area (Å²) in [5.41, 5.74) is 5.78. The van der Waals surface area contributed by atoms with Crippen molar-refractivity contribution in [3.63, 3.8) is 0 Å². The lowest BCUT2D eigenvalue weighted by atomic mass is 9.97. The Morgan fingerprint density at radius 2 is 1.37 bits per heavy atom. The van der Waals surface area contributed by atoms with Gasteiger partial charge in [-0.3, -0.25) is 0 Å². The van der Waals surface area contributed by atoms with E-state index in [-0.39, 0.29) is 5.75 Å². The van der Waals surface area contributed by atoms with E-state index in [1.165, 1.54) is 11.1 Å². The molecule has 0 aliphatic heterocycles. The van der Waals surface area contributed by atoms with Crippen molar-refractivity contribution in [1.82, 2.24) is 0 Å². The summed E-state index contributed by atoms with van der Waals surface area (Å²) >= 11 is 0. The Labute approximate surface area is 159 Å². The van der Waals surface area contributed by atoms with E-state index < -0.39 is 11.6 Å². The summed E-state index contributed by atoms with van der Waals surface area (Å²) in [5.74, 6) is -1.71. The highest BCUT2D eigenvalue weighted by Gasteiger charge is 2.17. The lowest BCUT2D eigenvalue weighted by molar-refractivity contribution is 0.313. The van der Waals surface area contributed by atoms with Gasteiger partial charge in [-0.1, -0.05) is 54.1 Å². The number of hydrogen-bond donors (Lipinski definition) is 0. The molecule has 1 nitrogen and oxygen atoms in total. The van der Waals surface area contributed by atoms with Gasteiger partial charge in [0.25, 0.3) is 0 Å². The molecule has 0 unspecified atom stereocenters. The van der Waals surface area contributed by atoms with Gasteiger partial charge in [0.15, 0.2) is 11.6 Å². The van der Waals surface area contributed by atoms with E-state index in [0.29, 0.717) is 30.6 Å². The molecule has 0 aromatic heterocycles. The van der Waals surface area contributed by atoms with Crippen LogP contribution in [0.4, 0.5) is 8.78 Å². The molecule has 0 atom stereocenters. The number of ether oxygens (including phenoxy) is 1. The first kappa shape index (κ1) is 19.1. The van der Waals surface area contributed by atoms with Crippen LogP contribution in [0.3, 0.4) is 0 Å². The molecule has 0 amide bonds. The maximum absolute atomic E-state index is 14.4. The second kappa shape index (κ2) is 8.34. The SMILES string of the molecule is CCOc1cc(C)c(CCc2ccc(-c3ccc(C)cc3)cc2)c(F)c1F. The van der Waals surface area contributed by atoms with E-state index in [1.54, 1.807) is 19.9 Å². The van der Waals surface area contributed by atoms with Crippen molar-refractivity contribution in [1.29, 1.82) is 0 Å². The van der Waals surface area contributed by atoms with Crippen LogP contribution in [0.25, 0.3) is 11.1 Å². The number of halogens is 2. The molecule has 3 aromatic carbocycles. The monoisotopic (exact) mass is 366 g/mol. The molecule has 0 aliphatic carbocycles. The zero-order valence-electron chi connectivity index (χ0n) is 16.0. The third kappa shape index (κ3) is 4.36. The van der Waals surface area contributed by atoms with Gasteiger partial charge in [0.2, 0.25) is 5.82 Å². The van der Waals surface area contributed by atoms with Crippen LogP contribution < -0.4 is 4.74 Å². The van der Waals surface area contributed by atoms with E-state index in [4.69, 9.17) is 4.74 Å². The molecule has 3 aromatic rings. The molecular formula is C24H24F2O. The maximum atomic E-state index is 14.4. The van der Waals surface area contributed by atoms with Crippen molar-refractivity contribution >= 4 is 0 Å². The summed E-state index contributed by atoms with van der Waals surface area (Å²) in [6.07, 6.45) is 1.10. The minimum atomic E-state index is -0.896. The van der Waals surface area contributed by atoms with Gasteiger partial charge in [-0.15, -0.1) is 0 Å². The minimum Gasteiger partial charge on any atom is -0.491 e. The van der Waals surface area contributed by atoms with Crippen molar-refractivity contribution in [3.05, 3.63) is 88.5 Å². The zero-order valence-corrected chi connectivity index (χ0v) is 16.0. The first-order valence-electron chi connectivity index (χ1n) is 9.26. The molecule has 0 fully saturated rings. The van der Waals surface area contributed by atoms with E-state index in [9.17, 15) is 8.78 Å². The summed E-state index contributed by atoms with van der Waals surface area (Å²) in [6, 6.07) is 18.2. The van der Waals surface area contributed by atoms with Crippen LogP contribution in [-0.2, 0) is 12.8 Å². The average Bonchev–Trinajstić information content (AvgIpc) is 2.67. The van der Waals surface area contributed by atoms with Crippen molar-refractivity contribution < 1.29 is 13.5 Å². The Morgan fingerprint density at radius 1 is 0.778 bits per heavy atom. The van der Waals surface area contributed by atoms with Gasteiger partial charge in [-0.25, -0.2) is 4.39 Å². The molecule has 3 heteroatoms. The van der Waals surface area contributed by atoms with E-state index in [1.807, 2.05) is 12.1 Å². The van der Waals surface area contributed by atoms with Crippen LogP contribution >= 0.6 is 0 Å². The molecule has 0 saturated carbocycles. The highest BCUT2D eigenvalue weighted by atomic mass is 19.2. The molecule has 27 heavy (non-hydrogen) atoms. The van der Waals surface area contributed by atoms with Gasteiger partial charge in [0, 0.05) is 0 Å². The van der Waals surface area contributed by atoms with E-state index >= 15 is 0 Å². The average molecular weight is 366 g/mol. The lowest BCUT2D eigenvalue weighted by Crippen LogP contribution is -2.04. The predicted octanol–water partition coefficient (Wildman–Crippen LogP) is 6.43. The summed E-state index contributed by atoms with van der Waals surface area (Å²) < 4.78 is 33.7. The van der Waals surface area contributed by atoms with Crippen LogP contribution in [0, 0.1) is 25.5 Å². The van der Waals surface area contributed by atoms with Crippen molar-refractivity contribution in [2.45, 2.75) is 33.6 Å². The Balaban J connectivity index is 1.73. The number of hydrogen-bond acceptors (Lipinski definition) is 1. The normalized spacial score (nSPS) is 10.9. The molecule has 0 bridgehead atoms. The standard InChI is InChI=1S/C24H24F2O/c1-4-27-22-15-17(3)21(23(25)24(22)26)14-9-18-7-12-20(13-8-18)19-10-5-16(2)6-11-19/h5-8,10-13,15H,4,9,14H2,1-3H3. The zero-order chi connectivity index (χ0) is 19.4. The van der Waals surface area contributed by atoms with Crippen LogP contribution in [0.15, 0.2) is 54.6 Å². The molecule has 140 valence electrons. The number of benzene rings is 3. The second-order valence-corrected chi connectivity index (χ2v) is 6.79. The van der Waals surface area contributed by atoms with Gasteiger partial charge in [0.05, 0.1) is 6.61 Å². The fourth-order valence-electron chi connectivity index (χ4n) is 3.21. The third-order valence-corrected chi connectivity index (χ3v) is 4.80. The minimum absolute atomic E-state index is 0.0151. The molecule has 3 rings (SSSR count). The summed E-state index contributed by atoms with van der Waals surface area (Å²) in [4.78, 5) is 0. The van der Waals surface area contributed by atoms with Gasteiger partial charge in [0.1, 0.15) is 0 Å². The van der Waals surface area contributed by atoms with Crippen LogP contribution in [0.1, 0.15) is 29.2 Å². The predicted molar refractivity (Wildman–Crippen MR) is 106 cm³/mol. The van der Waals surface area contributed by atoms with E-state index in [2.05, 4.69) is 43.3 Å². The quantitative estimate of drug-likeness (QED) is 0.488. The summed E-state index contributed by atoms with van der Waals surface area (Å²) in [7, 11) is 0. The molecule has 0 aliphatic rings. The largest absolute Gasteiger partial charge is 0.491 e. The van der Waals surface area contributed by atoms with E-state index in [0.717, 1.165) is 11.1 Å².